The molecule has 0 radical (unpaired) electrons. The molecule has 1 atom stereocenters. The molecule has 0 fully saturated rings. The van der Waals surface area contributed by atoms with Gasteiger partial charge in [0.25, 0.3) is 0 Å². The van der Waals surface area contributed by atoms with Crippen LogP contribution in [-0.2, 0) is 14.1 Å². The Morgan fingerprint density at radius 3 is 2.03 bits per heavy atom. The summed E-state index contributed by atoms with van der Waals surface area (Å²) < 4.78 is 31.4. The highest BCUT2D eigenvalue weighted by molar-refractivity contribution is 7.55. The molecule has 0 amide bonds. The zero-order valence-electron chi connectivity index (χ0n) is 17.4. The minimum Gasteiger partial charge on any atom is -0.466 e. The van der Waals surface area contributed by atoms with Crippen LogP contribution in [-0.4, -0.2) is 18.0 Å². The molecule has 0 aromatic heterocycles. The van der Waals surface area contributed by atoms with E-state index in [2.05, 4.69) is 0 Å². The van der Waals surface area contributed by atoms with Crippen LogP contribution in [0.2, 0.25) is 0 Å². The fourth-order valence-corrected chi connectivity index (χ4v) is 5.49. The van der Waals surface area contributed by atoms with Crippen molar-refractivity contribution in [3.8, 4) is 11.5 Å². The second kappa shape index (κ2) is 9.58. The Morgan fingerprint density at radius 1 is 0.875 bits per heavy atom. The molecule has 0 spiro atoms. The third kappa shape index (κ3) is 4.76. The normalized spacial score (nSPS) is 15.3. The minimum atomic E-state index is -3.92. The molecule has 0 saturated heterocycles. The maximum Gasteiger partial charge on any atom is 0.458 e. The molecule has 7 heteroatoms. The average Bonchev–Trinajstić information content (AvgIpc) is 2.83. The number of carbonyl (C=O) groups is 1. The molecule has 0 saturated carbocycles. The van der Waals surface area contributed by atoms with Crippen molar-refractivity contribution in [2.45, 2.75) is 5.78 Å². The minimum absolute atomic E-state index is 0.413. The molecule has 1 aliphatic heterocycles. The van der Waals surface area contributed by atoms with Crippen LogP contribution in [0.4, 0.5) is 0 Å². The van der Waals surface area contributed by atoms with Crippen LogP contribution in [0.15, 0.2) is 103 Å². The van der Waals surface area contributed by atoms with E-state index in [4.69, 9.17) is 13.8 Å². The van der Waals surface area contributed by atoms with Gasteiger partial charge in [-0.3, -0.25) is 0 Å². The summed E-state index contributed by atoms with van der Waals surface area (Å²) in [6, 6.07) is 25.3. The fraction of sp³-hybridized carbons (Fsp3) is 0.0800. The van der Waals surface area contributed by atoms with Gasteiger partial charge in [0.05, 0.1) is 7.11 Å². The zero-order valence-corrected chi connectivity index (χ0v) is 18.3. The molecule has 1 heterocycles. The van der Waals surface area contributed by atoms with Gasteiger partial charge in [0.2, 0.25) is 0 Å². The van der Waals surface area contributed by atoms with Gasteiger partial charge < -0.3 is 18.7 Å². The fourth-order valence-electron chi connectivity index (χ4n) is 3.36. The number of carbonyl (C=O) groups excluding carboxylic acids is 1. The monoisotopic (exact) mass is 447 g/mol. The van der Waals surface area contributed by atoms with Gasteiger partial charge >= 0.3 is 13.6 Å². The van der Waals surface area contributed by atoms with Crippen LogP contribution in [0.1, 0.15) is 16.9 Å². The second-order valence-electron chi connectivity index (χ2n) is 6.95. The molecule has 32 heavy (non-hydrogen) atoms. The van der Waals surface area contributed by atoms with Gasteiger partial charge in [-0.05, 0) is 41.5 Å². The number of hydrogen-bond donors (Lipinski definition) is 0. The van der Waals surface area contributed by atoms with Crippen molar-refractivity contribution in [3.63, 3.8) is 0 Å². The first-order valence-electron chi connectivity index (χ1n) is 9.99. The highest BCUT2D eigenvalue weighted by Crippen LogP contribution is 2.63. The molecule has 1 unspecified atom stereocenters. The van der Waals surface area contributed by atoms with Gasteiger partial charge in [-0.15, -0.1) is 0 Å². The topological polar surface area (TPSA) is 65.1 Å². The number of nitrogens with zero attached hydrogens (tertiary/aromatic N) is 1. The number of para-hydroxylation sites is 2. The van der Waals surface area contributed by atoms with E-state index >= 15 is 0 Å². The van der Waals surface area contributed by atoms with Crippen molar-refractivity contribution in [2.75, 3.05) is 7.11 Å². The summed E-state index contributed by atoms with van der Waals surface area (Å²) >= 11 is 0. The summed E-state index contributed by atoms with van der Waals surface area (Å²) in [5.41, 5.74) is 1.63. The molecule has 0 bridgehead atoms. The highest BCUT2D eigenvalue weighted by Gasteiger charge is 2.45. The largest absolute Gasteiger partial charge is 0.466 e. The van der Waals surface area contributed by atoms with Crippen molar-refractivity contribution < 1.29 is 23.1 Å². The van der Waals surface area contributed by atoms with Gasteiger partial charge in [-0.1, -0.05) is 60.7 Å². The summed E-state index contributed by atoms with van der Waals surface area (Å²) in [6.45, 7) is 0. The standard InChI is InChI=1S/C25H22NO5P/c1-29-24(27)17-19-26-18-16-20-10-8-9-15-23(20)25(26)32(28,30-21-11-4-2-5-12-21)31-22-13-6-3-7-14-22/h2-19,25H,1H3/b19-17+. The van der Waals surface area contributed by atoms with Crippen molar-refractivity contribution in [1.29, 1.82) is 0 Å². The molecular weight excluding hydrogens is 425 g/mol. The van der Waals surface area contributed by atoms with Gasteiger partial charge in [-0.25, -0.2) is 9.36 Å². The molecule has 3 aromatic rings. The lowest BCUT2D eigenvalue weighted by Crippen LogP contribution is -2.26. The summed E-state index contributed by atoms with van der Waals surface area (Å²) in [6.07, 6.45) is 6.39. The van der Waals surface area contributed by atoms with Crippen LogP contribution in [0.3, 0.4) is 0 Å². The van der Waals surface area contributed by atoms with E-state index in [1.165, 1.54) is 19.4 Å². The Balaban J connectivity index is 1.83. The zero-order chi connectivity index (χ0) is 22.4. The van der Waals surface area contributed by atoms with Crippen LogP contribution in [0.25, 0.3) is 6.08 Å². The first kappa shape index (κ1) is 21.5. The SMILES string of the molecule is COC(=O)/C=C/N1C=Cc2ccccc2C1P(=O)(Oc1ccccc1)Oc1ccccc1. The molecule has 0 N–H and O–H groups in total. The maximum absolute atomic E-state index is 14.5. The molecule has 0 aliphatic carbocycles. The van der Waals surface area contributed by atoms with Crippen LogP contribution in [0, 0.1) is 0 Å². The van der Waals surface area contributed by atoms with Crippen LogP contribution >= 0.6 is 7.60 Å². The third-order valence-corrected chi connectivity index (χ3v) is 6.89. The lowest BCUT2D eigenvalue weighted by Gasteiger charge is -2.36. The quantitative estimate of drug-likeness (QED) is 0.251. The summed E-state index contributed by atoms with van der Waals surface area (Å²) in [7, 11) is -2.63. The Labute approximate surface area is 186 Å². The molecule has 4 rings (SSSR count). The highest BCUT2D eigenvalue weighted by atomic mass is 31.2. The van der Waals surface area contributed by atoms with Crippen molar-refractivity contribution in [3.05, 3.63) is 115 Å². The number of fused-ring (bicyclic) bond motifs is 1. The maximum atomic E-state index is 14.5. The third-order valence-electron chi connectivity index (χ3n) is 4.82. The number of rotatable bonds is 7. The molecule has 3 aromatic carbocycles. The van der Waals surface area contributed by atoms with Crippen molar-refractivity contribution in [1.82, 2.24) is 4.90 Å². The summed E-state index contributed by atoms with van der Waals surface area (Å²) in [5, 5.41) is 0. The van der Waals surface area contributed by atoms with E-state index in [1.54, 1.807) is 59.6 Å². The second-order valence-corrected chi connectivity index (χ2v) is 8.89. The number of hydrogen-bond acceptors (Lipinski definition) is 6. The van der Waals surface area contributed by atoms with Gasteiger partial charge in [0.1, 0.15) is 11.5 Å². The van der Waals surface area contributed by atoms with E-state index in [0.717, 1.165) is 11.1 Å². The predicted molar refractivity (Wildman–Crippen MR) is 123 cm³/mol. The first-order chi connectivity index (χ1) is 15.6. The lowest BCUT2D eigenvalue weighted by molar-refractivity contribution is -0.134. The Kier molecular flexibility index (Phi) is 6.43. The molecule has 6 nitrogen and oxygen atoms in total. The Hall–Kier alpha value is -3.76. The van der Waals surface area contributed by atoms with Gasteiger partial charge in [0.15, 0.2) is 5.78 Å². The van der Waals surface area contributed by atoms with E-state index in [0.29, 0.717) is 11.5 Å². The first-order valence-corrected chi connectivity index (χ1v) is 11.6. The van der Waals surface area contributed by atoms with Crippen molar-refractivity contribution in [2.24, 2.45) is 0 Å². The summed E-state index contributed by atoms with van der Waals surface area (Å²) in [4.78, 5) is 13.4. The molecule has 1 aliphatic rings. The number of methoxy groups -OCH3 is 1. The number of esters is 1. The van der Waals surface area contributed by atoms with Crippen LogP contribution < -0.4 is 9.05 Å². The Bertz CT molecular complexity index is 1130. The average molecular weight is 447 g/mol. The predicted octanol–water partition coefficient (Wildman–Crippen LogP) is 6.01. The van der Waals surface area contributed by atoms with E-state index in [-0.39, 0.29) is 0 Å². The Morgan fingerprint density at radius 2 is 1.44 bits per heavy atom. The summed E-state index contributed by atoms with van der Waals surface area (Å²) in [5.74, 6) is -0.546. The smallest absolute Gasteiger partial charge is 0.458 e. The number of ether oxygens (including phenoxy) is 1. The van der Waals surface area contributed by atoms with Gasteiger partial charge in [0, 0.05) is 18.5 Å². The van der Waals surface area contributed by atoms with E-state index in [1.807, 2.05) is 42.5 Å². The van der Waals surface area contributed by atoms with Gasteiger partial charge in [-0.2, -0.15) is 0 Å². The number of benzene rings is 3. The van der Waals surface area contributed by atoms with E-state index in [9.17, 15) is 9.36 Å². The molecule has 162 valence electrons. The lowest BCUT2D eigenvalue weighted by atomic mass is 10.0. The van der Waals surface area contributed by atoms with E-state index < -0.39 is 19.3 Å². The molecular formula is C25H22NO5P. The van der Waals surface area contributed by atoms with Crippen LogP contribution in [0.5, 0.6) is 11.5 Å². The van der Waals surface area contributed by atoms with Crippen molar-refractivity contribution >= 4 is 19.6 Å².